The molecule has 0 fully saturated rings. The molecule has 0 aliphatic carbocycles. The SMILES string of the molecule is COC(=O)CCN1c2ccccc2COc2ccc(C(F)(F)F)cc21. The van der Waals surface area contributed by atoms with E-state index in [0.29, 0.717) is 11.4 Å². The Bertz CT molecular complexity index is 789. The molecule has 1 heterocycles. The van der Waals surface area contributed by atoms with Crippen LogP contribution in [0.2, 0.25) is 0 Å². The van der Waals surface area contributed by atoms with Gasteiger partial charge in [-0.1, -0.05) is 18.2 Å². The van der Waals surface area contributed by atoms with E-state index < -0.39 is 17.7 Å². The number of benzene rings is 2. The molecular formula is C18H16F3NO3. The molecule has 2 aromatic rings. The van der Waals surface area contributed by atoms with Gasteiger partial charge in [-0.05, 0) is 24.3 Å². The summed E-state index contributed by atoms with van der Waals surface area (Å²) in [6.07, 6.45) is -4.42. The molecule has 25 heavy (non-hydrogen) atoms. The van der Waals surface area contributed by atoms with Gasteiger partial charge in [0.25, 0.3) is 0 Å². The Balaban J connectivity index is 2.08. The molecule has 132 valence electrons. The molecule has 4 nitrogen and oxygen atoms in total. The van der Waals surface area contributed by atoms with E-state index >= 15 is 0 Å². The van der Waals surface area contributed by atoms with Crippen molar-refractivity contribution in [3.63, 3.8) is 0 Å². The predicted octanol–water partition coefficient (Wildman–Crippen LogP) is 4.30. The normalized spacial score (nSPS) is 13.4. The molecule has 7 heteroatoms. The molecule has 3 rings (SSSR count). The fourth-order valence-corrected chi connectivity index (χ4v) is 2.75. The van der Waals surface area contributed by atoms with Crippen LogP contribution in [-0.4, -0.2) is 19.6 Å². The van der Waals surface area contributed by atoms with E-state index in [-0.39, 0.29) is 25.3 Å². The van der Waals surface area contributed by atoms with Crippen molar-refractivity contribution < 1.29 is 27.4 Å². The highest BCUT2D eigenvalue weighted by Crippen LogP contribution is 2.42. The number of para-hydroxylation sites is 1. The molecule has 0 unspecified atom stereocenters. The van der Waals surface area contributed by atoms with Gasteiger partial charge in [0.15, 0.2) is 0 Å². The summed E-state index contributed by atoms with van der Waals surface area (Å²) >= 11 is 0. The van der Waals surface area contributed by atoms with E-state index in [0.717, 1.165) is 17.7 Å². The highest BCUT2D eigenvalue weighted by atomic mass is 19.4. The fraction of sp³-hybridized carbons (Fsp3) is 0.278. The maximum Gasteiger partial charge on any atom is 0.416 e. The molecule has 1 aliphatic rings. The minimum absolute atomic E-state index is 0.0422. The van der Waals surface area contributed by atoms with Gasteiger partial charge in [0.2, 0.25) is 0 Å². The molecule has 2 aromatic carbocycles. The maximum absolute atomic E-state index is 13.1. The number of fused-ring (bicyclic) bond motifs is 2. The summed E-state index contributed by atoms with van der Waals surface area (Å²) in [4.78, 5) is 13.2. The Hall–Kier alpha value is -2.70. The summed E-state index contributed by atoms with van der Waals surface area (Å²) in [5.41, 5.74) is 1.06. The smallest absolute Gasteiger partial charge is 0.416 e. The lowest BCUT2D eigenvalue weighted by atomic mass is 10.1. The Morgan fingerprint density at radius 1 is 1.20 bits per heavy atom. The average molecular weight is 351 g/mol. The zero-order valence-corrected chi connectivity index (χ0v) is 13.5. The van der Waals surface area contributed by atoms with Crippen LogP contribution in [-0.2, 0) is 22.3 Å². The first kappa shape index (κ1) is 17.1. The van der Waals surface area contributed by atoms with Crippen LogP contribution >= 0.6 is 0 Å². The number of rotatable bonds is 3. The molecule has 0 N–H and O–H groups in total. The van der Waals surface area contributed by atoms with Crippen molar-refractivity contribution in [2.45, 2.75) is 19.2 Å². The van der Waals surface area contributed by atoms with Crippen LogP contribution in [0.25, 0.3) is 0 Å². The molecule has 0 atom stereocenters. The first-order valence-corrected chi connectivity index (χ1v) is 7.66. The van der Waals surface area contributed by atoms with Gasteiger partial charge >= 0.3 is 12.1 Å². The van der Waals surface area contributed by atoms with Crippen LogP contribution in [0.4, 0.5) is 24.5 Å². The molecule has 0 bridgehead atoms. The van der Waals surface area contributed by atoms with Gasteiger partial charge in [0.1, 0.15) is 12.4 Å². The van der Waals surface area contributed by atoms with E-state index in [1.54, 1.807) is 17.0 Å². The molecule has 0 spiro atoms. The van der Waals surface area contributed by atoms with Crippen molar-refractivity contribution in [1.82, 2.24) is 0 Å². The Morgan fingerprint density at radius 3 is 2.68 bits per heavy atom. The quantitative estimate of drug-likeness (QED) is 0.773. The monoisotopic (exact) mass is 351 g/mol. The van der Waals surface area contributed by atoms with Crippen LogP contribution < -0.4 is 9.64 Å². The number of carbonyl (C=O) groups excluding carboxylic acids is 1. The second-order valence-electron chi connectivity index (χ2n) is 5.58. The second-order valence-corrected chi connectivity index (χ2v) is 5.58. The molecule has 0 radical (unpaired) electrons. The van der Waals surface area contributed by atoms with Crippen LogP contribution in [0.5, 0.6) is 5.75 Å². The van der Waals surface area contributed by atoms with Crippen LogP contribution in [0.15, 0.2) is 42.5 Å². The van der Waals surface area contributed by atoms with Crippen molar-refractivity contribution in [1.29, 1.82) is 0 Å². The van der Waals surface area contributed by atoms with Crippen LogP contribution in [0, 0.1) is 0 Å². The summed E-state index contributed by atoms with van der Waals surface area (Å²) in [5.74, 6) is -0.0924. The van der Waals surface area contributed by atoms with Gasteiger partial charge in [0, 0.05) is 17.8 Å². The molecule has 0 saturated heterocycles. The summed E-state index contributed by atoms with van der Waals surface area (Å²) < 4.78 is 49.7. The standard InChI is InChI=1S/C18H16F3NO3/c1-24-17(23)8-9-22-14-5-3-2-4-12(14)11-25-16-7-6-13(10-15(16)22)18(19,20)21/h2-7,10H,8-9,11H2,1H3. The minimum atomic E-state index is -4.46. The number of methoxy groups -OCH3 is 1. The van der Waals surface area contributed by atoms with Crippen molar-refractivity contribution >= 4 is 17.3 Å². The number of ether oxygens (including phenoxy) is 2. The molecular weight excluding hydrogens is 335 g/mol. The lowest BCUT2D eigenvalue weighted by molar-refractivity contribution is -0.140. The zero-order chi connectivity index (χ0) is 18.0. The Morgan fingerprint density at radius 2 is 1.96 bits per heavy atom. The first-order chi connectivity index (χ1) is 11.9. The van der Waals surface area contributed by atoms with Crippen molar-refractivity contribution in [3.05, 3.63) is 53.6 Å². The number of hydrogen-bond acceptors (Lipinski definition) is 4. The zero-order valence-electron chi connectivity index (χ0n) is 13.5. The van der Waals surface area contributed by atoms with E-state index in [2.05, 4.69) is 4.74 Å². The highest BCUT2D eigenvalue weighted by molar-refractivity contribution is 5.76. The summed E-state index contributed by atoms with van der Waals surface area (Å²) in [7, 11) is 1.28. The number of hydrogen-bond donors (Lipinski definition) is 0. The van der Waals surface area contributed by atoms with Crippen molar-refractivity contribution in [3.8, 4) is 5.75 Å². The maximum atomic E-state index is 13.1. The lowest BCUT2D eigenvalue weighted by Crippen LogP contribution is -2.22. The van der Waals surface area contributed by atoms with Gasteiger partial charge in [-0.15, -0.1) is 0 Å². The fourth-order valence-electron chi connectivity index (χ4n) is 2.75. The van der Waals surface area contributed by atoms with E-state index in [4.69, 9.17) is 4.74 Å². The van der Waals surface area contributed by atoms with E-state index in [1.165, 1.54) is 13.2 Å². The third kappa shape index (κ3) is 3.55. The van der Waals surface area contributed by atoms with Crippen LogP contribution in [0.3, 0.4) is 0 Å². The number of nitrogens with zero attached hydrogens (tertiary/aromatic N) is 1. The molecule has 0 aromatic heterocycles. The first-order valence-electron chi connectivity index (χ1n) is 7.66. The van der Waals surface area contributed by atoms with Crippen molar-refractivity contribution in [2.24, 2.45) is 0 Å². The predicted molar refractivity (Wildman–Crippen MR) is 85.9 cm³/mol. The molecule has 1 aliphatic heterocycles. The topological polar surface area (TPSA) is 38.8 Å². The number of carbonyl (C=O) groups is 1. The largest absolute Gasteiger partial charge is 0.487 e. The lowest BCUT2D eigenvalue weighted by Gasteiger charge is -2.26. The summed E-state index contributed by atoms with van der Waals surface area (Å²) in [6, 6.07) is 10.6. The molecule has 0 saturated carbocycles. The Labute approximate surface area is 142 Å². The van der Waals surface area contributed by atoms with Gasteiger partial charge < -0.3 is 14.4 Å². The summed E-state index contributed by atoms with van der Waals surface area (Å²) in [6.45, 7) is 0.421. The number of halogens is 3. The summed E-state index contributed by atoms with van der Waals surface area (Å²) in [5, 5.41) is 0. The Kier molecular flexibility index (Phi) is 4.57. The van der Waals surface area contributed by atoms with Crippen molar-refractivity contribution in [2.75, 3.05) is 18.6 Å². The van der Waals surface area contributed by atoms with Gasteiger partial charge in [-0.3, -0.25) is 4.79 Å². The number of esters is 1. The minimum Gasteiger partial charge on any atom is -0.487 e. The van der Waals surface area contributed by atoms with E-state index in [9.17, 15) is 18.0 Å². The third-order valence-electron chi connectivity index (χ3n) is 4.01. The number of anilines is 2. The molecule has 0 amide bonds. The average Bonchev–Trinajstić information content (AvgIpc) is 2.75. The van der Waals surface area contributed by atoms with Gasteiger partial charge in [0.05, 0.1) is 24.8 Å². The van der Waals surface area contributed by atoms with Gasteiger partial charge in [-0.25, -0.2) is 0 Å². The highest BCUT2D eigenvalue weighted by Gasteiger charge is 2.33. The van der Waals surface area contributed by atoms with E-state index in [1.807, 2.05) is 12.1 Å². The second kappa shape index (κ2) is 6.66. The van der Waals surface area contributed by atoms with Gasteiger partial charge in [-0.2, -0.15) is 13.2 Å². The van der Waals surface area contributed by atoms with Crippen LogP contribution in [0.1, 0.15) is 17.5 Å². The number of alkyl halides is 3. The third-order valence-corrected chi connectivity index (χ3v) is 4.01.